The molecule has 0 bridgehead atoms. The number of allylic oxidation sites excluding steroid dienone is 1. The lowest BCUT2D eigenvalue weighted by atomic mass is 10.2. The molecule has 0 unspecified atom stereocenters. The van der Waals surface area contributed by atoms with E-state index in [1.807, 2.05) is 25.1 Å². The van der Waals surface area contributed by atoms with E-state index in [1.165, 1.54) is 7.11 Å². The second kappa shape index (κ2) is 7.52. The molecule has 0 atom stereocenters. The molecule has 0 fully saturated rings. The molecule has 2 aromatic carbocycles. The normalized spacial score (nSPS) is 10.5. The molecule has 1 N–H and O–H groups in total. The number of amides is 1. The van der Waals surface area contributed by atoms with Gasteiger partial charge in [-0.1, -0.05) is 35.9 Å². The molecule has 0 aliphatic rings. The Balaban J connectivity index is 2.11. The van der Waals surface area contributed by atoms with Gasteiger partial charge in [0, 0.05) is 10.7 Å². The van der Waals surface area contributed by atoms with Gasteiger partial charge in [0.25, 0.3) is 0 Å². The zero-order valence-corrected chi connectivity index (χ0v) is 13.1. The van der Waals surface area contributed by atoms with Gasteiger partial charge in [0.05, 0.1) is 7.11 Å². The number of halogens is 1. The summed E-state index contributed by atoms with van der Waals surface area (Å²) in [6, 6.07) is 12.1. The van der Waals surface area contributed by atoms with Crippen molar-refractivity contribution < 1.29 is 14.3 Å². The quantitative estimate of drug-likeness (QED) is 0.864. The van der Waals surface area contributed by atoms with Gasteiger partial charge in [-0.15, -0.1) is 0 Å². The Morgan fingerprint density at radius 3 is 2.68 bits per heavy atom. The zero-order chi connectivity index (χ0) is 15.9. The number of hydrogen-bond acceptors (Lipinski definition) is 3. The topological polar surface area (TPSA) is 47.6 Å². The Kier molecular flexibility index (Phi) is 5.44. The summed E-state index contributed by atoms with van der Waals surface area (Å²) in [5, 5.41) is 3.14. The number of anilines is 1. The van der Waals surface area contributed by atoms with E-state index in [2.05, 4.69) is 5.32 Å². The molecule has 1 amide bonds. The molecule has 0 radical (unpaired) electrons. The van der Waals surface area contributed by atoms with Gasteiger partial charge in [0.2, 0.25) is 0 Å². The Bertz CT molecular complexity index is 698. The van der Waals surface area contributed by atoms with Crippen LogP contribution in [0.1, 0.15) is 12.5 Å². The summed E-state index contributed by atoms with van der Waals surface area (Å²) in [5.74, 6) is 0.826. The number of ether oxygens (including phenoxy) is 2. The predicted octanol–water partition coefficient (Wildman–Crippen LogP) is 4.99. The lowest BCUT2D eigenvalue weighted by Gasteiger charge is -2.11. The molecule has 0 aliphatic carbocycles. The maximum atomic E-state index is 11.9. The van der Waals surface area contributed by atoms with Crippen molar-refractivity contribution in [3.63, 3.8) is 0 Å². The van der Waals surface area contributed by atoms with Gasteiger partial charge < -0.3 is 9.47 Å². The summed E-state index contributed by atoms with van der Waals surface area (Å²) in [6.45, 7) is 1.93. The summed E-state index contributed by atoms with van der Waals surface area (Å²) in [5.41, 5.74) is 1.52. The highest BCUT2D eigenvalue weighted by molar-refractivity contribution is 6.30. The lowest BCUT2D eigenvalue weighted by molar-refractivity contribution is 0.213. The van der Waals surface area contributed by atoms with Gasteiger partial charge >= 0.3 is 6.09 Å². The number of benzene rings is 2. The van der Waals surface area contributed by atoms with Crippen LogP contribution in [0.5, 0.6) is 11.5 Å². The summed E-state index contributed by atoms with van der Waals surface area (Å²) >= 11 is 5.86. The summed E-state index contributed by atoms with van der Waals surface area (Å²) in [4.78, 5) is 11.9. The largest absolute Gasteiger partial charge is 0.493 e. The zero-order valence-electron chi connectivity index (χ0n) is 12.3. The van der Waals surface area contributed by atoms with Crippen LogP contribution in [0.15, 0.2) is 48.5 Å². The first kappa shape index (κ1) is 15.9. The van der Waals surface area contributed by atoms with E-state index >= 15 is 0 Å². The van der Waals surface area contributed by atoms with Gasteiger partial charge in [-0.2, -0.15) is 0 Å². The first-order valence-corrected chi connectivity index (χ1v) is 7.05. The van der Waals surface area contributed by atoms with E-state index in [0.717, 1.165) is 5.56 Å². The maximum Gasteiger partial charge on any atom is 0.417 e. The van der Waals surface area contributed by atoms with E-state index in [9.17, 15) is 4.79 Å². The van der Waals surface area contributed by atoms with Crippen LogP contribution in [0.3, 0.4) is 0 Å². The molecular formula is C17H16ClNO3. The van der Waals surface area contributed by atoms with E-state index in [1.54, 1.807) is 36.4 Å². The van der Waals surface area contributed by atoms with Crippen LogP contribution in [-0.2, 0) is 0 Å². The minimum absolute atomic E-state index is 0.343. The molecule has 2 rings (SSSR count). The molecule has 0 spiro atoms. The standard InChI is InChI=1S/C17H16ClNO3/c1-3-5-12-8-9-15(16(10-12)21-2)22-17(20)19-14-7-4-6-13(18)11-14/h3-11H,1-2H3,(H,19,20)/b5-3+. The molecule has 0 aromatic heterocycles. The monoisotopic (exact) mass is 317 g/mol. The SMILES string of the molecule is C/C=C/c1ccc(OC(=O)Nc2cccc(Cl)c2)c(OC)c1. The first-order chi connectivity index (χ1) is 10.6. The molecule has 0 heterocycles. The fourth-order valence-corrected chi connectivity index (χ4v) is 2.06. The molecular weight excluding hydrogens is 302 g/mol. The third kappa shape index (κ3) is 4.27. The van der Waals surface area contributed by atoms with Gasteiger partial charge in [0.1, 0.15) is 0 Å². The fourth-order valence-electron chi connectivity index (χ4n) is 1.87. The third-order valence-corrected chi connectivity index (χ3v) is 3.06. The van der Waals surface area contributed by atoms with Crippen molar-refractivity contribution in [2.75, 3.05) is 12.4 Å². The van der Waals surface area contributed by atoms with Crippen molar-refractivity contribution in [2.24, 2.45) is 0 Å². The van der Waals surface area contributed by atoms with Crippen LogP contribution in [0, 0.1) is 0 Å². The highest BCUT2D eigenvalue weighted by Gasteiger charge is 2.10. The van der Waals surface area contributed by atoms with Crippen LogP contribution in [0.2, 0.25) is 5.02 Å². The van der Waals surface area contributed by atoms with Gasteiger partial charge in [-0.05, 0) is 42.8 Å². The Morgan fingerprint density at radius 2 is 2.00 bits per heavy atom. The van der Waals surface area contributed by atoms with E-state index in [0.29, 0.717) is 22.2 Å². The van der Waals surface area contributed by atoms with Crippen molar-refractivity contribution >= 4 is 29.5 Å². The second-order valence-electron chi connectivity index (χ2n) is 4.44. The first-order valence-electron chi connectivity index (χ1n) is 6.67. The Labute approximate surface area is 134 Å². The van der Waals surface area contributed by atoms with Gasteiger partial charge in [-0.3, -0.25) is 5.32 Å². The molecule has 0 saturated carbocycles. The number of hydrogen-bond donors (Lipinski definition) is 1. The van der Waals surface area contributed by atoms with Crippen molar-refractivity contribution in [3.05, 3.63) is 59.1 Å². The summed E-state index contributed by atoms with van der Waals surface area (Å²) in [7, 11) is 1.52. The van der Waals surface area contributed by atoms with Crippen molar-refractivity contribution in [1.29, 1.82) is 0 Å². The smallest absolute Gasteiger partial charge is 0.417 e. The third-order valence-electron chi connectivity index (χ3n) is 2.82. The van der Waals surface area contributed by atoms with Crippen LogP contribution in [-0.4, -0.2) is 13.2 Å². The average molecular weight is 318 g/mol. The highest BCUT2D eigenvalue weighted by atomic mass is 35.5. The molecule has 114 valence electrons. The lowest BCUT2D eigenvalue weighted by Crippen LogP contribution is -2.17. The Hall–Kier alpha value is -2.46. The molecule has 4 nitrogen and oxygen atoms in total. The van der Waals surface area contributed by atoms with Crippen LogP contribution >= 0.6 is 11.6 Å². The summed E-state index contributed by atoms with van der Waals surface area (Å²) in [6.07, 6.45) is 3.24. The molecule has 2 aromatic rings. The molecule has 22 heavy (non-hydrogen) atoms. The molecule has 0 saturated heterocycles. The van der Waals surface area contributed by atoms with Crippen molar-refractivity contribution in [1.82, 2.24) is 0 Å². The van der Waals surface area contributed by atoms with E-state index < -0.39 is 6.09 Å². The Morgan fingerprint density at radius 1 is 1.18 bits per heavy atom. The fraction of sp³-hybridized carbons (Fsp3) is 0.118. The minimum Gasteiger partial charge on any atom is -0.493 e. The summed E-state index contributed by atoms with van der Waals surface area (Å²) < 4.78 is 10.5. The average Bonchev–Trinajstić information content (AvgIpc) is 2.49. The van der Waals surface area contributed by atoms with Crippen LogP contribution in [0.4, 0.5) is 10.5 Å². The minimum atomic E-state index is -0.612. The van der Waals surface area contributed by atoms with Crippen molar-refractivity contribution in [2.45, 2.75) is 6.92 Å². The van der Waals surface area contributed by atoms with Crippen molar-refractivity contribution in [3.8, 4) is 11.5 Å². The molecule has 5 heteroatoms. The molecule has 0 aliphatic heterocycles. The van der Waals surface area contributed by atoms with Gasteiger partial charge in [0.15, 0.2) is 11.5 Å². The maximum absolute atomic E-state index is 11.9. The number of carbonyl (C=O) groups is 1. The number of carbonyl (C=O) groups excluding carboxylic acids is 1. The number of nitrogens with one attached hydrogen (secondary N) is 1. The predicted molar refractivity (Wildman–Crippen MR) is 88.8 cm³/mol. The number of methoxy groups -OCH3 is 1. The van der Waals surface area contributed by atoms with Gasteiger partial charge in [-0.25, -0.2) is 4.79 Å². The van der Waals surface area contributed by atoms with E-state index in [4.69, 9.17) is 21.1 Å². The van der Waals surface area contributed by atoms with E-state index in [-0.39, 0.29) is 0 Å². The van der Waals surface area contributed by atoms with Crippen LogP contribution in [0.25, 0.3) is 6.08 Å². The van der Waals surface area contributed by atoms with Crippen LogP contribution < -0.4 is 14.8 Å². The highest BCUT2D eigenvalue weighted by Crippen LogP contribution is 2.29. The second-order valence-corrected chi connectivity index (χ2v) is 4.87. The number of rotatable bonds is 4.